The third-order valence-corrected chi connectivity index (χ3v) is 2.59. The Labute approximate surface area is 109 Å². The van der Waals surface area contributed by atoms with Crippen molar-refractivity contribution in [3.63, 3.8) is 0 Å². The Morgan fingerprint density at radius 1 is 1.33 bits per heavy atom. The Kier molecular flexibility index (Phi) is 3.76. The van der Waals surface area contributed by atoms with E-state index >= 15 is 0 Å². The van der Waals surface area contributed by atoms with Crippen molar-refractivity contribution in [1.82, 2.24) is 0 Å². The molecule has 0 spiro atoms. The Balaban J connectivity index is 2.12. The van der Waals surface area contributed by atoms with Gasteiger partial charge in [-0.15, -0.1) is 0 Å². The summed E-state index contributed by atoms with van der Waals surface area (Å²) in [4.78, 5) is 10.4. The molecular weight excluding hydrogens is 310 g/mol. The van der Waals surface area contributed by atoms with Gasteiger partial charge in [0, 0.05) is 4.47 Å². The van der Waals surface area contributed by atoms with Crippen LogP contribution in [-0.4, -0.2) is 6.29 Å². The molecule has 1 heterocycles. The quantitative estimate of drug-likeness (QED) is 0.637. The predicted octanol–water partition coefficient (Wildman–Crippen LogP) is 3.71. The van der Waals surface area contributed by atoms with Gasteiger partial charge in [-0.2, -0.15) is 4.39 Å². The topological polar surface area (TPSA) is 39.4 Å². The lowest BCUT2D eigenvalue weighted by molar-refractivity contribution is 0.109. The van der Waals surface area contributed by atoms with Gasteiger partial charge in [0.2, 0.25) is 5.82 Å². The fourth-order valence-corrected chi connectivity index (χ4v) is 1.73. The second-order valence-corrected chi connectivity index (χ2v) is 4.33. The summed E-state index contributed by atoms with van der Waals surface area (Å²) in [6.45, 7) is -0.0966. The minimum Gasteiger partial charge on any atom is -0.482 e. The van der Waals surface area contributed by atoms with Crippen LogP contribution in [0.5, 0.6) is 5.75 Å². The molecule has 0 saturated heterocycles. The van der Waals surface area contributed by atoms with Crippen LogP contribution in [0.1, 0.15) is 16.3 Å². The van der Waals surface area contributed by atoms with Crippen LogP contribution < -0.4 is 4.74 Å². The Morgan fingerprint density at radius 3 is 2.78 bits per heavy atom. The first-order chi connectivity index (χ1) is 8.60. The summed E-state index contributed by atoms with van der Waals surface area (Å²) in [5.74, 6) is -1.81. The first-order valence-electron chi connectivity index (χ1n) is 4.91. The van der Waals surface area contributed by atoms with E-state index in [-0.39, 0.29) is 18.1 Å². The molecule has 0 radical (unpaired) electrons. The molecule has 0 aliphatic carbocycles. The lowest BCUT2D eigenvalue weighted by atomic mass is 10.3. The average Bonchev–Trinajstić information content (AvgIpc) is 2.80. The number of hydrogen-bond donors (Lipinski definition) is 0. The monoisotopic (exact) mass is 316 g/mol. The minimum absolute atomic E-state index is 0.0966. The van der Waals surface area contributed by atoms with Gasteiger partial charge in [0.25, 0.3) is 0 Å². The van der Waals surface area contributed by atoms with E-state index in [0.29, 0.717) is 16.5 Å². The van der Waals surface area contributed by atoms with Gasteiger partial charge in [0.05, 0.1) is 0 Å². The van der Waals surface area contributed by atoms with Crippen LogP contribution in [0.25, 0.3) is 0 Å². The lowest BCUT2D eigenvalue weighted by Gasteiger charge is -2.06. The summed E-state index contributed by atoms with van der Waals surface area (Å²) >= 11 is 3.03. The van der Waals surface area contributed by atoms with Crippen molar-refractivity contribution in [1.29, 1.82) is 0 Å². The number of hydrogen-bond acceptors (Lipinski definition) is 3. The van der Waals surface area contributed by atoms with Crippen LogP contribution in [0.4, 0.5) is 8.78 Å². The van der Waals surface area contributed by atoms with Gasteiger partial charge < -0.3 is 9.15 Å². The van der Waals surface area contributed by atoms with Crippen LogP contribution in [0.3, 0.4) is 0 Å². The third kappa shape index (κ3) is 2.76. The maximum Gasteiger partial charge on any atom is 0.200 e. The lowest BCUT2D eigenvalue weighted by Crippen LogP contribution is -1.98. The van der Waals surface area contributed by atoms with Crippen molar-refractivity contribution in [2.24, 2.45) is 0 Å². The van der Waals surface area contributed by atoms with Crippen molar-refractivity contribution >= 4 is 22.2 Å². The predicted molar refractivity (Wildman–Crippen MR) is 62.5 cm³/mol. The summed E-state index contributed by atoms with van der Waals surface area (Å²) in [5.41, 5.74) is 0. The summed E-state index contributed by atoms with van der Waals surface area (Å²) < 4.78 is 36.9. The molecule has 2 rings (SSSR count). The first-order valence-corrected chi connectivity index (χ1v) is 5.70. The summed E-state index contributed by atoms with van der Waals surface area (Å²) in [6, 6.07) is 5.29. The summed E-state index contributed by atoms with van der Waals surface area (Å²) in [7, 11) is 0. The van der Waals surface area contributed by atoms with Crippen molar-refractivity contribution in [3.05, 3.63) is 51.9 Å². The molecule has 0 unspecified atom stereocenters. The van der Waals surface area contributed by atoms with Gasteiger partial charge in [-0.3, -0.25) is 4.79 Å². The molecule has 0 amide bonds. The van der Waals surface area contributed by atoms with Crippen LogP contribution >= 0.6 is 15.9 Å². The number of carbonyl (C=O) groups is 1. The van der Waals surface area contributed by atoms with Crippen LogP contribution in [0, 0.1) is 11.6 Å². The molecule has 0 aliphatic rings. The van der Waals surface area contributed by atoms with E-state index in [1.165, 1.54) is 18.2 Å². The number of carbonyl (C=O) groups excluding carboxylic acids is 1. The van der Waals surface area contributed by atoms with Gasteiger partial charge in [-0.1, -0.05) is 15.9 Å². The fraction of sp³-hybridized carbons (Fsp3) is 0.0833. The van der Waals surface area contributed by atoms with Gasteiger partial charge in [-0.05, 0) is 24.3 Å². The number of rotatable bonds is 4. The Bertz CT molecular complexity index is 581. The summed E-state index contributed by atoms with van der Waals surface area (Å²) in [6.07, 6.45) is 0.545. The Hall–Kier alpha value is -1.69. The fourth-order valence-electron chi connectivity index (χ4n) is 1.32. The second kappa shape index (κ2) is 5.30. The smallest absolute Gasteiger partial charge is 0.200 e. The molecular formula is C12H7BrF2O3. The van der Waals surface area contributed by atoms with Gasteiger partial charge in [-0.25, -0.2) is 4.39 Å². The molecule has 0 N–H and O–H groups in total. The van der Waals surface area contributed by atoms with E-state index in [2.05, 4.69) is 15.9 Å². The summed E-state index contributed by atoms with van der Waals surface area (Å²) in [5, 5.41) is 0. The van der Waals surface area contributed by atoms with Crippen LogP contribution in [0.2, 0.25) is 0 Å². The highest BCUT2D eigenvalue weighted by Gasteiger charge is 2.12. The highest BCUT2D eigenvalue weighted by molar-refractivity contribution is 9.10. The number of ether oxygens (including phenoxy) is 1. The molecule has 0 bridgehead atoms. The molecule has 0 fully saturated rings. The third-order valence-electron chi connectivity index (χ3n) is 2.13. The molecule has 0 aliphatic heterocycles. The highest BCUT2D eigenvalue weighted by atomic mass is 79.9. The van der Waals surface area contributed by atoms with E-state index in [9.17, 15) is 13.6 Å². The van der Waals surface area contributed by atoms with Crippen LogP contribution in [0.15, 0.2) is 33.2 Å². The zero-order valence-electron chi connectivity index (χ0n) is 8.95. The molecule has 3 nitrogen and oxygen atoms in total. The van der Waals surface area contributed by atoms with Crippen molar-refractivity contribution in [2.45, 2.75) is 6.61 Å². The minimum atomic E-state index is -1.07. The average molecular weight is 317 g/mol. The second-order valence-electron chi connectivity index (χ2n) is 3.41. The highest BCUT2D eigenvalue weighted by Crippen LogP contribution is 2.26. The maximum absolute atomic E-state index is 13.3. The molecule has 2 aromatic rings. The number of benzene rings is 1. The van der Waals surface area contributed by atoms with E-state index in [4.69, 9.17) is 9.15 Å². The van der Waals surface area contributed by atoms with E-state index < -0.39 is 11.6 Å². The number of furan rings is 1. The molecule has 0 saturated carbocycles. The van der Waals surface area contributed by atoms with Crippen molar-refractivity contribution in [2.75, 3.05) is 0 Å². The number of aldehydes is 1. The SMILES string of the molecule is O=Cc1ccc(COc2cc(Br)cc(F)c2F)o1. The zero-order valence-corrected chi connectivity index (χ0v) is 10.5. The molecule has 94 valence electrons. The first kappa shape index (κ1) is 12.8. The molecule has 1 aromatic carbocycles. The van der Waals surface area contributed by atoms with E-state index in [1.807, 2.05) is 0 Å². The molecule has 1 aromatic heterocycles. The maximum atomic E-state index is 13.3. The van der Waals surface area contributed by atoms with E-state index in [1.54, 1.807) is 0 Å². The number of halogens is 3. The van der Waals surface area contributed by atoms with Gasteiger partial charge >= 0.3 is 0 Å². The Morgan fingerprint density at radius 2 is 2.11 bits per heavy atom. The van der Waals surface area contributed by atoms with Crippen molar-refractivity contribution in [3.8, 4) is 5.75 Å². The van der Waals surface area contributed by atoms with Gasteiger partial charge in [0.15, 0.2) is 23.6 Å². The zero-order chi connectivity index (χ0) is 13.1. The molecule has 18 heavy (non-hydrogen) atoms. The molecule has 0 atom stereocenters. The largest absolute Gasteiger partial charge is 0.482 e. The van der Waals surface area contributed by atoms with Crippen LogP contribution in [-0.2, 0) is 6.61 Å². The normalized spacial score (nSPS) is 10.4. The standard InChI is InChI=1S/C12H7BrF2O3/c13-7-3-10(14)12(15)11(4-7)17-6-9-2-1-8(5-16)18-9/h1-5H,6H2. The van der Waals surface area contributed by atoms with Gasteiger partial charge in [0.1, 0.15) is 12.4 Å². The molecule has 6 heteroatoms. The van der Waals surface area contributed by atoms with Crippen molar-refractivity contribution < 1.29 is 22.7 Å². The van der Waals surface area contributed by atoms with E-state index in [0.717, 1.165) is 6.07 Å².